The number of nitrogens with zero attached hydrogens (tertiary/aromatic N) is 2. The SMILES string of the molecule is CC(C)CNCC1CCCC1Cc1ccn(C)n1. The van der Waals surface area contributed by atoms with Crippen LogP contribution in [0.3, 0.4) is 0 Å². The molecular formula is C15H27N3. The van der Waals surface area contributed by atoms with E-state index in [1.54, 1.807) is 0 Å². The molecule has 3 heteroatoms. The lowest BCUT2D eigenvalue weighted by molar-refractivity contribution is 0.354. The van der Waals surface area contributed by atoms with Crippen LogP contribution in [0.5, 0.6) is 0 Å². The van der Waals surface area contributed by atoms with Gasteiger partial charge in [-0.2, -0.15) is 5.10 Å². The molecule has 2 unspecified atom stereocenters. The van der Waals surface area contributed by atoms with Crippen molar-refractivity contribution >= 4 is 0 Å². The van der Waals surface area contributed by atoms with Crippen LogP contribution < -0.4 is 5.32 Å². The molecule has 1 fully saturated rings. The largest absolute Gasteiger partial charge is 0.316 e. The molecule has 18 heavy (non-hydrogen) atoms. The van der Waals surface area contributed by atoms with Crippen LogP contribution in [0.15, 0.2) is 12.3 Å². The molecule has 0 spiro atoms. The molecule has 2 rings (SSSR count). The number of rotatable bonds is 6. The van der Waals surface area contributed by atoms with E-state index in [9.17, 15) is 0 Å². The molecule has 0 bridgehead atoms. The third kappa shape index (κ3) is 3.84. The van der Waals surface area contributed by atoms with Gasteiger partial charge < -0.3 is 5.32 Å². The predicted octanol–water partition coefficient (Wildman–Crippen LogP) is 2.62. The van der Waals surface area contributed by atoms with E-state index < -0.39 is 0 Å². The summed E-state index contributed by atoms with van der Waals surface area (Å²) in [6.07, 6.45) is 7.38. The third-order valence-corrected chi connectivity index (χ3v) is 4.02. The molecule has 1 aromatic rings. The lowest BCUT2D eigenvalue weighted by Gasteiger charge is -2.20. The average molecular weight is 249 g/mol. The van der Waals surface area contributed by atoms with Crippen molar-refractivity contribution in [3.8, 4) is 0 Å². The van der Waals surface area contributed by atoms with Crippen LogP contribution in [0.4, 0.5) is 0 Å². The zero-order valence-electron chi connectivity index (χ0n) is 12.0. The van der Waals surface area contributed by atoms with Crippen LogP contribution >= 0.6 is 0 Å². The van der Waals surface area contributed by atoms with E-state index in [-0.39, 0.29) is 0 Å². The molecule has 1 N–H and O–H groups in total. The highest BCUT2D eigenvalue weighted by Crippen LogP contribution is 2.33. The van der Waals surface area contributed by atoms with Gasteiger partial charge in [0, 0.05) is 13.2 Å². The van der Waals surface area contributed by atoms with E-state index in [1.807, 2.05) is 11.7 Å². The predicted molar refractivity (Wildman–Crippen MR) is 75.5 cm³/mol. The van der Waals surface area contributed by atoms with Gasteiger partial charge in [-0.3, -0.25) is 4.68 Å². The monoisotopic (exact) mass is 249 g/mol. The average Bonchev–Trinajstić information content (AvgIpc) is 2.89. The van der Waals surface area contributed by atoms with Crippen molar-refractivity contribution in [1.82, 2.24) is 15.1 Å². The van der Waals surface area contributed by atoms with Crippen molar-refractivity contribution < 1.29 is 0 Å². The Kier molecular flexibility index (Phi) is 4.81. The molecule has 2 atom stereocenters. The fraction of sp³-hybridized carbons (Fsp3) is 0.800. The second kappa shape index (κ2) is 6.37. The molecule has 1 aliphatic carbocycles. The molecule has 0 aromatic carbocycles. The summed E-state index contributed by atoms with van der Waals surface area (Å²) in [5.74, 6) is 2.44. The normalized spacial score (nSPS) is 24.0. The Morgan fingerprint density at radius 2 is 2.17 bits per heavy atom. The van der Waals surface area contributed by atoms with Gasteiger partial charge in [0.25, 0.3) is 0 Å². The molecule has 1 aliphatic rings. The highest BCUT2D eigenvalue weighted by Gasteiger charge is 2.27. The molecule has 0 amide bonds. The van der Waals surface area contributed by atoms with Gasteiger partial charge in [-0.25, -0.2) is 0 Å². The van der Waals surface area contributed by atoms with E-state index >= 15 is 0 Å². The number of nitrogens with one attached hydrogen (secondary N) is 1. The smallest absolute Gasteiger partial charge is 0.0627 e. The van der Waals surface area contributed by atoms with Crippen LogP contribution in [0.25, 0.3) is 0 Å². The molecule has 1 saturated carbocycles. The Bertz CT molecular complexity index is 356. The van der Waals surface area contributed by atoms with Crippen molar-refractivity contribution in [2.75, 3.05) is 13.1 Å². The number of hydrogen-bond donors (Lipinski definition) is 1. The van der Waals surface area contributed by atoms with E-state index in [4.69, 9.17) is 0 Å². The summed E-state index contributed by atoms with van der Waals surface area (Å²) in [7, 11) is 2.00. The fourth-order valence-electron chi connectivity index (χ4n) is 3.05. The highest BCUT2D eigenvalue weighted by atomic mass is 15.2. The van der Waals surface area contributed by atoms with Crippen LogP contribution in [0.2, 0.25) is 0 Å². The Hall–Kier alpha value is -0.830. The second-order valence-electron chi connectivity index (χ2n) is 6.19. The van der Waals surface area contributed by atoms with Crippen molar-refractivity contribution in [2.45, 2.75) is 39.5 Å². The van der Waals surface area contributed by atoms with Crippen LogP contribution in [0.1, 0.15) is 38.8 Å². The van der Waals surface area contributed by atoms with Gasteiger partial charge in [0.1, 0.15) is 0 Å². The van der Waals surface area contributed by atoms with E-state index in [0.717, 1.165) is 30.7 Å². The summed E-state index contributed by atoms with van der Waals surface area (Å²) in [5, 5.41) is 8.14. The Morgan fingerprint density at radius 1 is 1.39 bits per heavy atom. The molecule has 0 saturated heterocycles. The van der Waals surface area contributed by atoms with E-state index in [0.29, 0.717) is 0 Å². The van der Waals surface area contributed by atoms with Gasteiger partial charge in [-0.05, 0) is 56.2 Å². The van der Waals surface area contributed by atoms with Gasteiger partial charge in [-0.1, -0.05) is 20.3 Å². The summed E-state index contributed by atoms with van der Waals surface area (Å²) >= 11 is 0. The first-order valence-electron chi connectivity index (χ1n) is 7.34. The minimum atomic E-state index is 0.751. The van der Waals surface area contributed by atoms with Crippen LogP contribution in [-0.2, 0) is 13.5 Å². The lowest BCUT2D eigenvalue weighted by Crippen LogP contribution is -2.29. The van der Waals surface area contributed by atoms with E-state index in [1.165, 1.54) is 31.5 Å². The minimum absolute atomic E-state index is 0.751. The summed E-state index contributed by atoms with van der Waals surface area (Å²) in [4.78, 5) is 0. The van der Waals surface area contributed by atoms with Crippen molar-refractivity contribution in [3.63, 3.8) is 0 Å². The number of aryl methyl sites for hydroxylation is 1. The van der Waals surface area contributed by atoms with Crippen LogP contribution in [-0.4, -0.2) is 22.9 Å². The number of aromatic nitrogens is 2. The maximum atomic E-state index is 4.51. The van der Waals surface area contributed by atoms with Crippen molar-refractivity contribution in [2.24, 2.45) is 24.8 Å². The topological polar surface area (TPSA) is 29.9 Å². The third-order valence-electron chi connectivity index (χ3n) is 4.02. The van der Waals surface area contributed by atoms with Gasteiger partial charge in [0.15, 0.2) is 0 Å². The number of hydrogen-bond acceptors (Lipinski definition) is 2. The summed E-state index contributed by atoms with van der Waals surface area (Å²) in [6, 6.07) is 2.16. The molecular weight excluding hydrogens is 222 g/mol. The molecule has 0 aliphatic heterocycles. The first-order valence-corrected chi connectivity index (χ1v) is 7.34. The van der Waals surface area contributed by atoms with Crippen LogP contribution in [0, 0.1) is 17.8 Å². The van der Waals surface area contributed by atoms with Gasteiger partial charge >= 0.3 is 0 Å². The van der Waals surface area contributed by atoms with Crippen molar-refractivity contribution in [1.29, 1.82) is 0 Å². The van der Waals surface area contributed by atoms with Gasteiger partial charge in [-0.15, -0.1) is 0 Å². The zero-order chi connectivity index (χ0) is 13.0. The summed E-state index contributed by atoms with van der Waals surface area (Å²) in [6.45, 7) is 6.88. The Balaban J connectivity index is 1.80. The maximum absolute atomic E-state index is 4.51. The summed E-state index contributed by atoms with van der Waals surface area (Å²) < 4.78 is 1.91. The Labute approximate surface area is 111 Å². The maximum Gasteiger partial charge on any atom is 0.0627 e. The first kappa shape index (κ1) is 13.6. The van der Waals surface area contributed by atoms with Gasteiger partial charge in [0.2, 0.25) is 0 Å². The molecule has 0 radical (unpaired) electrons. The highest BCUT2D eigenvalue weighted by molar-refractivity contribution is 5.01. The molecule has 1 aromatic heterocycles. The summed E-state index contributed by atoms with van der Waals surface area (Å²) in [5.41, 5.74) is 1.26. The van der Waals surface area contributed by atoms with Crippen molar-refractivity contribution in [3.05, 3.63) is 18.0 Å². The minimum Gasteiger partial charge on any atom is -0.316 e. The molecule has 1 heterocycles. The second-order valence-corrected chi connectivity index (χ2v) is 6.19. The van der Waals surface area contributed by atoms with E-state index in [2.05, 4.69) is 36.5 Å². The first-order chi connectivity index (χ1) is 8.65. The molecule has 3 nitrogen and oxygen atoms in total. The quantitative estimate of drug-likeness (QED) is 0.840. The Morgan fingerprint density at radius 3 is 2.83 bits per heavy atom. The zero-order valence-corrected chi connectivity index (χ0v) is 12.0. The fourth-order valence-corrected chi connectivity index (χ4v) is 3.05. The lowest BCUT2D eigenvalue weighted by atomic mass is 9.91. The standard InChI is InChI=1S/C15H27N3/c1-12(2)10-16-11-14-6-4-5-13(14)9-15-7-8-18(3)17-15/h7-8,12-14,16H,4-6,9-11H2,1-3H3. The van der Waals surface area contributed by atoms with Gasteiger partial charge in [0.05, 0.1) is 5.69 Å². The molecule has 102 valence electrons.